The molecule has 5 rings (SSSR count). The zero-order valence-corrected chi connectivity index (χ0v) is 15.0. The van der Waals surface area contributed by atoms with Gasteiger partial charge in [0.05, 0.1) is 4.92 Å². The summed E-state index contributed by atoms with van der Waals surface area (Å²) in [6.07, 6.45) is 6.51. The van der Waals surface area contributed by atoms with Gasteiger partial charge in [-0.3, -0.25) is 25.1 Å². The van der Waals surface area contributed by atoms with Crippen molar-refractivity contribution in [1.82, 2.24) is 10.7 Å². The van der Waals surface area contributed by atoms with Gasteiger partial charge in [-0.1, -0.05) is 0 Å². The monoisotopic (exact) mass is 372 g/mol. The van der Waals surface area contributed by atoms with Crippen molar-refractivity contribution >= 4 is 17.5 Å². The Morgan fingerprint density at radius 3 is 2.04 bits per heavy atom. The summed E-state index contributed by atoms with van der Waals surface area (Å²) in [6.45, 7) is 0. The average molecular weight is 372 g/mol. The molecule has 1 atom stereocenters. The van der Waals surface area contributed by atoms with Crippen molar-refractivity contribution in [2.24, 2.45) is 29.0 Å². The fourth-order valence-corrected chi connectivity index (χ4v) is 6.06. The van der Waals surface area contributed by atoms with Crippen LogP contribution in [0.2, 0.25) is 0 Å². The van der Waals surface area contributed by atoms with Crippen molar-refractivity contribution in [3.05, 3.63) is 39.9 Å². The standard InChI is InChI=1S/C19H24N4O4/c20-22-18(25)16(19-8-11-5-12(9-19)7-13(6-11)10-19)21-17(24)14-1-3-15(4-2-14)23(26)27/h1-4,11-13,16H,5-10,20H2,(H,21,24)(H,22,25)/t11?,12?,13?,16-,19?/m0/s1. The SMILES string of the molecule is NNC(=O)[C@H](NC(=O)c1ccc([N+](=O)[O-])cc1)C12CC3CC(CC(C3)C1)C2. The summed E-state index contributed by atoms with van der Waals surface area (Å²) in [5.74, 6) is 6.53. The van der Waals surface area contributed by atoms with E-state index in [1.165, 1.54) is 43.5 Å². The maximum Gasteiger partial charge on any atom is 0.269 e. The van der Waals surface area contributed by atoms with Gasteiger partial charge in [0.15, 0.2) is 0 Å². The number of nitro benzene ring substituents is 1. The molecule has 0 unspecified atom stereocenters. The van der Waals surface area contributed by atoms with Crippen molar-refractivity contribution < 1.29 is 14.5 Å². The highest BCUT2D eigenvalue weighted by molar-refractivity contribution is 5.98. The van der Waals surface area contributed by atoms with Gasteiger partial charge in [0, 0.05) is 23.1 Å². The molecule has 4 N–H and O–H groups in total. The minimum absolute atomic E-state index is 0.0797. The predicted molar refractivity (Wildman–Crippen MR) is 97.3 cm³/mol. The van der Waals surface area contributed by atoms with E-state index >= 15 is 0 Å². The summed E-state index contributed by atoms with van der Waals surface area (Å²) in [5.41, 5.74) is 2.20. The lowest BCUT2D eigenvalue weighted by molar-refractivity contribution is -0.384. The molecular weight excluding hydrogens is 348 g/mol. The van der Waals surface area contributed by atoms with E-state index in [0.29, 0.717) is 23.3 Å². The number of carbonyl (C=O) groups excluding carboxylic acids is 2. The topological polar surface area (TPSA) is 127 Å². The fourth-order valence-electron chi connectivity index (χ4n) is 6.06. The molecule has 4 fully saturated rings. The molecule has 0 saturated heterocycles. The fraction of sp³-hybridized carbons (Fsp3) is 0.579. The van der Waals surface area contributed by atoms with E-state index in [1.807, 2.05) is 0 Å². The van der Waals surface area contributed by atoms with Crippen LogP contribution in [0.25, 0.3) is 0 Å². The molecule has 0 aliphatic heterocycles. The molecule has 8 nitrogen and oxygen atoms in total. The third-order valence-electron chi connectivity index (χ3n) is 6.72. The summed E-state index contributed by atoms with van der Waals surface area (Å²) in [6, 6.07) is 4.71. The van der Waals surface area contributed by atoms with Gasteiger partial charge >= 0.3 is 0 Å². The number of carbonyl (C=O) groups is 2. The largest absolute Gasteiger partial charge is 0.340 e. The molecule has 4 bridgehead atoms. The van der Waals surface area contributed by atoms with Crippen LogP contribution < -0.4 is 16.6 Å². The van der Waals surface area contributed by atoms with Crippen molar-refractivity contribution in [3.8, 4) is 0 Å². The van der Waals surface area contributed by atoms with Crippen LogP contribution in [-0.4, -0.2) is 22.8 Å². The normalized spacial score (nSPS) is 32.0. The van der Waals surface area contributed by atoms with Gasteiger partial charge in [-0.05, 0) is 68.4 Å². The number of benzene rings is 1. The molecule has 4 saturated carbocycles. The minimum Gasteiger partial charge on any atom is -0.340 e. The Morgan fingerprint density at radius 1 is 1.07 bits per heavy atom. The Labute approximate surface area is 157 Å². The molecule has 0 spiro atoms. The van der Waals surface area contributed by atoms with Gasteiger partial charge in [-0.25, -0.2) is 5.84 Å². The van der Waals surface area contributed by atoms with Crippen LogP contribution in [0, 0.1) is 33.3 Å². The number of nitrogens with zero attached hydrogens (tertiary/aromatic N) is 1. The third kappa shape index (κ3) is 3.18. The number of hydrogen-bond donors (Lipinski definition) is 3. The van der Waals surface area contributed by atoms with E-state index in [0.717, 1.165) is 19.3 Å². The number of amides is 2. The number of rotatable bonds is 5. The second-order valence-electron chi connectivity index (χ2n) is 8.50. The Balaban J connectivity index is 1.57. The first-order chi connectivity index (χ1) is 12.9. The van der Waals surface area contributed by atoms with E-state index in [1.54, 1.807) is 0 Å². The molecule has 1 aromatic carbocycles. The number of hydrogen-bond acceptors (Lipinski definition) is 5. The average Bonchev–Trinajstić information content (AvgIpc) is 2.64. The summed E-state index contributed by atoms with van der Waals surface area (Å²) in [5, 5.41) is 13.7. The van der Waals surface area contributed by atoms with Crippen molar-refractivity contribution in [1.29, 1.82) is 0 Å². The zero-order valence-electron chi connectivity index (χ0n) is 15.0. The van der Waals surface area contributed by atoms with Crippen LogP contribution in [0.4, 0.5) is 5.69 Å². The molecule has 4 aliphatic carbocycles. The molecule has 0 heterocycles. The van der Waals surface area contributed by atoms with Crippen LogP contribution in [-0.2, 0) is 4.79 Å². The van der Waals surface area contributed by atoms with Gasteiger partial charge in [0.25, 0.3) is 17.5 Å². The molecule has 0 aromatic heterocycles. The first-order valence-electron chi connectivity index (χ1n) is 9.46. The number of nitrogens with two attached hydrogens (primary N) is 1. The lowest BCUT2D eigenvalue weighted by Gasteiger charge is -2.58. The van der Waals surface area contributed by atoms with Crippen LogP contribution in [0.15, 0.2) is 24.3 Å². The second-order valence-corrected chi connectivity index (χ2v) is 8.50. The summed E-state index contributed by atoms with van der Waals surface area (Å²) < 4.78 is 0. The quantitative estimate of drug-likeness (QED) is 0.315. The Morgan fingerprint density at radius 2 is 1.59 bits per heavy atom. The minimum atomic E-state index is -0.682. The van der Waals surface area contributed by atoms with Crippen molar-refractivity contribution in [2.75, 3.05) is 0 Å². The van der Waals surface area contributed by atoms with E-state index in [4.69, 9.17) is 5.84 Å². The van der Waals surface area contributed by atoms with E-state index < -0.39 is 16.9 Å². The smallest absolute Gasteiger partial charge is 0.269 e. The van der Waals surface area contributed by atoms with E-state index in [9.17, 15) is 19.7 Å². The van der Waals surface area contributed by atoms with Crippen LogP contribution in [0.1, 0.15) is 48.9 Å². The van der Waals surface area contributed by atoms with Crippen LogP contribution in [0.3, 0.4) is 0 Å². The molecule has 2 amide bonds. The number of non-ortho nitro benzene ring substituents is 1. The molecule has 144 valence electrons. The maximum atomic E-state index is 12.7. The first-order valence-corrected chi connectivity index (χ1v) is 9.46. The van der Waals surface area contributed by atoms with Crippen molar-refractivity contribution in [2.45, 2.75) is 44.6 Å². The zero-order chi connectivity index (χ0) is 19.2. The molecule has 4 aliphatic rings. The van der Waals surface area contributed by atoms with Gasteiger partial charge < -0.3 is 5.32 Å². The lowest BCUT2D eigenvalue weighted by atomic mass is 9.47. The second kappa shape index (κ2) is 6.60. The lowest BCUT2D eigenvalue weighted by Crippen LogP contribution is -2.62. The highest BCUT2D eigenvalue weighted by Gasteiger charge is 2.56. The molecule has 27 heavy (non-hydrogen) atoms. The third-order valence-corrected chi connectivity index (χ3v) is 6.72. The number of nitrogens with one attached hydrogen (secondary N) is 2. The predicted octanol–water partition coefficient (Wildman–Crippen LogP) is 1.90. The number of hydrazine groups is 1. The molecule has 0 radical (unpaired) electrons. The van der Waals surface area contributed by atoms with E-state index in [2.05, 4.69) is 10.7 Å². The van der Waals surface area contributed by atoms with Crippen LogP contribution >= 0.6 is 0 Å². The summed E-state index contributed by atoms with van der Waals surface area (Å²) in [4.78, 5) is 35.6. The van der Waals surface area contributed by atoms with Gasteiger partial charge in [-0.15, -0.1) is 0 Å². The van der Waals surface area contributed by atoms with E-state index in [-0.39, 0.29) is 17.0 Å². The summed E-state index contributed by atoms with van der Waals surface area (Å²) in [7, 11) is 0. The van der Waals surface area contributed by atoms with Gasteiger partial charge in [-0.2, -0.15) is 0 Å². The molecular formula is C19H24N4O4. The van der Waals surface area contributed by atoms with Gasteiger partial charge in [0.1, 0.15) is 6.04 Å². The number of nitro groups is 1. The first kappa shape index (κ1) is 17.9. The Kier molecular flexibility index (Phi) is 4.38. The van der Waals surface area contributed by atoms with Crippen molar-refractivity contribution in [3.63, 3.8) is 0 Å². The molecule has 1 aromatic rings. The maximum absolute atomic E-state index is 12.7. The van der Waals surface area contributed by atoms with Gasteiger partial charge in [0.2, 0.25) is 0 Å². The molecule has 8 heteroatoms. The highest BCUT2D eigenvalue weighted by atomic mass is 16.6. The Hall–Kier alpha value is -2.48. The summed E-state index contributed by atoms with van der Waals surface area (Å²) >= 11 is 0. The highest BCUT2D eigenvalue weighted by Crippen LogP contribution is 2.61. The van der Waals surface area contributed by atoms with Crippen LogP contribution in [0.5, 0.6) is 0 Å². The Bertz CT molecular complexity index is 741.